The molecule has 0 bridgehead atoms. The Morgan fingerprint density at radius 2 is 2.09 bits per heavy atom. The lowest BCUT2D eigenvalue weighted by Crippen LogP contribution is -2.30. The van der Waals surface area contributed by atoms with E-state index in [0.717, 1.165) is 35.7 Å². The highest BCUT2D eigenvalue weighted by molar-refractivity contribution is 5.76. The molecule has 126 valence electrons. The molecule has 0 unspecified atom stereocenters. The van der Waals surface area contributed by atoms with Crippen molar-refractivity contribution in [2.24, 2.45) is 7.05 Å². The Kier molecular flexibility index (Phi) is 5.52. The molecule has 23 heavy (non-hydrogen) atoms. The molecule has 7 heteroatoms. The number of nitrogens with one attached hydrogen (secondary N) is 1. The maximum Gasteiger partial charge on any atom is 0.220 e. The summed E-state index contributed by atoms with van der Waals surface area (Å²) >= 11 is 0. The number of hydrogen-bond donors (Lipinski definition) is 1. The molecule has 0 spiro atoms. The number of amides is 1. The molecule has 2 aromatic rings. The minimum absolute atomic E-state index is 0.0326. The van der Waals surface area contributed by atoms with E-state index in [0.29, 0.717) is 12.8 Å². The Labute approximate surface area is 137 Å². The molecule has 1 N–H and O–H groups in total. The average Bonchev–Trinajstić information content (AvgIpc) is 3.09. The second-order valence-electron chi connectivity index (χ2n) is 5.74. The number of rotatable bonds is 7. The van der Waals surface area contributed by atoms with Crippen LogP contribution in [-0.2, 0) is 24.8 Å². The lowest BCUT2D eigenvalue weighted by atomic mass is 10.1. The van der Waals surface area contributed by atoms with Gasteiger partial charge in [0.25, 0.3) is 0 Å². The summed E-state index contributed by atoms with van der Waals surface area (Å²) in [6.45, 7) is 8.82. The highest BCUT2D eigenvalue weighted by Crippen LogP contribution is 2.16. The fraction of sp³-hybridized carbons (Fsp3) is 0.625. The number of nitrogens with zero attached hydrogens (tertiary/aromatic N) is 5. The molecule has 0 aliphatic heterocycles. The predicted molar refractivity (Wildman–Crippen MR) is 87.9 cm³/mol. The molecule has 2 heterocycles. The molecule has 0 saturated heterocycles. The Morgan fingerprint density at radius 1 is 1.35 bits per heavy atom. The van der Waals surface area contributed by atoms with Crippen LogP contribution in [0.4, 0.5) is 0 Å². The van der Waals surface area contributed by atoms with E-state index in [1.54, 1.807) is 0 Å². The quantitative estimate of drug-likeness (QED) is 0.845. The van der Waals surface area contributed by atoms with Crippen LogP contribution in [0.2, 0.25) is 0 Å². The summed E-state index contributed by atoms with van der Waals surface area (Å²) in [5.41, 5.74) is 3.27. The zero-order valence-corrected chi connectivity index (χ0v) is 14.6. The molecule has 0 fully saturated rings. The topological polar surface area (TPSA) is 77.6 Å². The molecule has 2 rings (SSSR count). The number of carbonyl (C=O) groups is 1. The molecule has 1 amide bonds. The van der Waals surface area contributed by atoms with Crippen molar-refractivity contribution < 1.29 is 4.79 Å². The van der Waals surface area contributed by atoms with Gasteiger partial charge in [0, 0.05) is 25.7 Å². The van der Waals surface area contributed by atoms with Gasteiger partial charge in [-0.2, -0.15) is 10.2 Å². The number of carbonyl (C=O) groups excluding carboxylic acids is 1. The molecule has 0 aliphatic carbocycles. The van der Waals surface area contributed by atoms with E-state index >= 15 is 0 Å². The van der Waals surface area contributed by atoms with Crippen molar-refractivity contribution in [2.75, 3.05) is 0 Å². The van der Waals surface area contributed by atoms with E-state index in [-0.39, 0.29) is 11.9 Å². The fourth-order valence-corrected chi connectivity index (χ4v) is 2.82. The fourth-order valence-electron chi connectivity index (χ4n) is 2.82. The van der Waals surface area contributed by atoms with E-state index in [1.807, 2.05) is 44.1 Å². The molecule has 0 aliphatic rings. The van der Waals surface area contributed by atoms with Crippen LogP contribution in [0.25, 0.3) is 0 Å². The SMILES string of the molecule is CC[C@H](NC(=O)CCc1c(C)nn(C)c1C)c1ncnn1CC. The summed E-state index contributed by atoms with van der Waals surface area (Å²) in [5, 5.41) is 11.6. The third-order valence-corrected chi connectivity index (χ3v) is 4.26. The van der Waals surface area contributed by atoms with Crippen molar-refractivity contribution in [3.63, 3.8) is 0 Å². The predicted octanol–water partition coefficient (Wildman–Crippen LogP) is 1.85. The largest absolute Gasteiger partial charge is 0.346 e. The van der Waals surface area contributed by atoms with Crippen LogP contribution in [0, 0.1) is 13.8 Å². The van der Waals surface area contributed by atoms with Crippen LogP contribution in [-0.4, -0.2) is 30.5 Å². The van der Waals surface area contributed by atoms with Crippen molar-refractivity contribution in [1.82, 2.24) is 29.9 Å². The van der Waals surface area contributed by atoms with Crippen LogP contribution in [0.1, 0.15) is 55.5 Å². The summed E-state index contributed by atoms with van der Waals surface area (Å²) < 4.78 is 3.69. The summed E-state index contributed by atoms with van der Waals surface area (Å²) in [5.74, 6) is 0.849. The first-order valence-electron chi connectivity index (χ1n) is 8.14. The summed E-state index contributed by atoms with van der Waals surface area (Å²) in [7, 11) is 1.93. The minimum Gasteiger partial charge on any atom is -0.346 e. The van der Waals surface area contributed by atoms with Gasteiger partial charge in [-0.1, -0.05) is 6.92 Å². The molecular formula is C16H26N6O. The maximum atomic E-state index is 12.3. The summed E-state index contributed by atoms with van der Waals surface area (Å²) in [4.78, 5) is 16.6. The van der Waals surface area contributed by atoms with Crippen LogP contribution in [0.5, 0.6) is 0 Å². The minimum atomic E-state index is -0.0963. The summed E-state index contributed by atoms with van der Waals surface area (Å²) in [6.07, 6.45) is 3.48. The molecule has 0 saturated carbocycles. The van der Waals surface area contributed by atoms with Gasteiger partial charge < -0.3 is 5.32 Å². The average molecular weight is 318 g/mol. The van der Waals surface area contributed by atoms with E-state index in [1.165, 1.54) is 6.33 Å². The highest BCUT2D eigenvalue weighted by Gasteiger charge is 2.18. The highest BCUT2D eigenvalue weighted by atomic mass is 16.1. The molecular weight excluding hydrogens is 292 g/mol. The Bertz CT molecular complexity index is 672. The van der Waals surface area contributed by atoms with Crippen LogP contribution >= 0.6 is 0 Å². The van der Waals surface area contributed by atoms with E-state index in [2.05, 4.69) is 20.5 Å². The van der Waals surface area contributed by atoms with Gasteiger partial charge in [-0.25, -0.2) is 9.67 Å². The molecule has 0 aromatic carbocycles. The third-order valence-electron chi connectivity index (χ3n) is 4.26. The van der Waals surface area contributed by atoms with E-state index < -0.39 is 0 Å². The van der Waals surface area contributed by atoms with Gasteiger partial charge in [-0.3, -0.25) is 9.48 Å². The van der Waals surface area contributed by atoms with Gasteiger partial charge in [0.05, 0.1) is 11.7 Å². The first kappa shape index (κ1) is 17.2. The number of aryl methyl sites for hydroxylation is 3. The first-order valence-corrected chi connectivity index (χ1v) is 8.14. The van der Waals surface area contributed by atoms with E-state index in [9.17, 15) is 4.79 Å². The van der Waals surface area contributed by atoms with Gasteiger partial charge in [0.1, 0.15) is 12.2 Å². The lowest BCUT2D eigenvalue weighted by Gasteiger charge is -2.17. The van der Waals surface area contributed by atoms with Crippen molar-refractivity contribution in [1.29, 1.82) is 0 Å². The second-order valence-corrected chi connectivity index (χ2v) is 5.74. The Hall–Kier alpha value is -2.18. The van der Waals surface area contributed by atoms with Gasteiger partial charge in [0.15, 0.2) is 0 Å². The third kappa shape index (κ3) is 3.78. The Morgan fingerprint density at radius 3 is 2.65 bits per heavy atom. The van der Waals surface area contributed by atoms with Crippen molar-refractivity contribution in [3.05, 3.63) is 29.1 Å². The van der Waals surface area contributed by atoms with Crippen molar-refractivity contribution in [2.45, 2.75) is 59.5 Å². The maximum absolute atomic E-state index is 12.3. The van der Waals surface area contributed by atoms with Crippen LogP contribution < -0.4 is 5.32 Å². The molecule has 1 atom stereocenters. The zero-order valence-electron chi connectivity index (χ0n) is 14.6. The molecule has 0 radical (unpaired) electrons. The van der Waals surface area contributed by atoms with Gasteiger partial charge >= 0.3 is 0 Å². The molecule has 7 nitrogen and oxygen atoms in total. The first-order chi connectivity index (χ1) is 11.0. The monoisotopic (exact) mass is 318 g/mol. The van der Waals surface area contributed by atoms with Gasteiger partial charge in [-0.05, 0) is 39.2 Å². The zero-order chi connectivity index (χ0) is 17.0. The standard InChI is InChI=1S/C16H26N6O/c1-6-14(16-17-10-18-22(16)7-2)19-15(23)9-8-13-11(3)20-21(5)12(13)4/h10,14H,6-9H2,1-5H3,(H,19,23)/t14-/m0/s1. The number of aromatic nitrogens is 5. The second kappa shape index (κ2) is 7.39. The number of hydrogen-bond acceptors (Lipinski definition) is 4. The lowest BCUT2D eigenvalue weighted by molar-refractivity contribution is -0.121. The van der Waals surface area contributed by atoms with Gasteiger partial charge in [0.2, 0.25) is 5.91 Å². The molecule has 2 aromatic heterocycles. The Balaban J connectivity index is 1.98. The van der Waals surface area contributed by atoms with E-state index in [4.69, 9.17) is 0 Å². The normalized spacial score (nSPS) is 12.4. The van der Waals surface area contributed by atoms with Crippen LogP contribution in [0.15, 0.2) is 6.33 Å². The smallest absolute Gasteiger partial charge is 0.220 e. The van der Waals surface area contributed by atoms with Crippen LogP contribution in [0.3, 0.4) is 0 Å². The van der Waals surface area contributed by atoms with Crippen molar-refractivity contribution >= 4 is 5.91 Å². The van der Waals surface area contributed by atoms with Gasteiger partial charge in [-0.15, -0.1) is 0 Å². The summed E-state index contributed by atoms with van der Waals surface area (Å²) in [6, 6.07) is -0.0963. The van der Waals surface area contributed by atoms with Crippen molar-refractivity contribution in [3.8, 4) is 0 Å².